The number of pyridine rings is 1. The third-order valence-electron chi connectivity index (χ3n) is 3.30. The second-order valence-electron chi connectivity index (χ2n) is 5.06. The fourth-order valence-electron chi connectivity index (χ4n) is 2.01. The van der Waals surface area contributed by atoms with Gasteiger partial charge in [0, 0.05) is 44.5 Å². The van der Waals surface area contributed by atoms with Gasteiger partial charge >= 0.3 is 6.18 Å². The van der Waals surface area contributed by atoms with Crippen molar-refractivity contribution in [2.24, 2.45) is 0 Å². The number of hydrogen-bond acceptors (Lipinski definition) is 5. The summed E-state index contributed by atoms with van der Waals surface area (Å²) in [6.07, 6.45) is -3.43. The molecule has 0 radical (unpaired) electrons. The van der Waals surface area contributed by atoms with E-state index >= 15 is 0 Å². The number of anilines is 1. The molecule has 0 aliphatic carbocycles. The van der Waals surface area contributed by atoms with Gasteiger partial charge in [-0.3, -0.25) is 9.59 Å². The number of amides is 2. The van der Waals surface area contributed by atoms with Gasteiger partial charge in [0.05, 0.1) is 5.56 Å². The summed E-state index contributed by atoms with van der Waals surface area (Å²) in [6, 6.07) is 2.18. The van der Waals surface area contributed by atoms with E-state index in [2.05, 4.69) is 15.6 Å². The van der Waals surface area contributed by atoms with Crippen molar-refractivity contribution in [3.63, 3.8) is 0 Å². The molecule has 1 aliphatic heterocycles. The van der Waals surface area contributed by atoms with Crippen LogP contribution >= 0.6 is 11.8 Å². The Morgan fingerprint density at radius 2 is 2.12 bits per heavy atom. The fourth-order valence-corrected chi connectivity index (χ4v) is 2.86. The second kappa shape index (κ2) is 8.22. The quantitative estimate of drug-likeness (QED) is 0.728. The lowest BCUT2D eigenvalue weighted by molar-refractivity contribution is -0.137. The zero-order valence-electron chi connectivity index (χ0n) is 12.7. The molecule has 10 heteroatoms. The lowest BCUT2D eigenvalue weighted by atomic mass is 10.3. The fraction of sp³-hybridized carbons (Fsp3) is 0.500. The van der Waals surface area contributed by atoms with Crippen molar-refractivity contribution in [3.05, 3.63) is 23.9 Å². The number of nitrogens with one attached hydrogen (secondary N) is 2. The lowest BCUT2D eigenvalue weighted by Gasteiger charge is -2.14. The van der Waals surface area contributed by atoms with Gasteiger partial charge in [0.15, 0.2) is 0 Å². The molecule has 6 nitrogen and oxygen atoms in total. The van der Waals surface area contributed by atoms with Gasteiger partial charge in [0.25, 0.3) is 5.24 Å². The Bertz CT molecular complexity index is 580. The Morgan fingerprint density at radius 3 is 2.71 bits per heavy atom. The van der Waals surface area contributed by atoms with Gasteiger partial charge < -0.3 is 15.5 Å². The van der Waals surface area contributed by atoms with E-state index in [4.69, 9.17) is 0 Å². The Labute approximate surface area is 141 Å². The molecule has 2 rings (SSSR count). The summed E-state index contributed by atoms with van der Waals surface area (Å²) >= 11 is 1.25. The minimum Gasteiger partial charge on any atom is -0.368 e. The molecular formula is C14H17F3N4O2S. The summed E-state index contributed by atoms with van der Waals surface area (Å²) in [5.74, 6) is 0.878. The maximum atomic E-state index is 12.4. The van der Waals surface area contributed by atoms with Crippen molar-refractivity contribution < 1.29 is 22.8 Å². The number of aromatic nitrogens is 1. The smallest absolute Gasteiger partial charge is 0.368 e. The molecule has 1 aliphatic rings. The van der Waals surface area contributed by atoms with Gasteiger partial charge in [0.2, 0.25) is 5.91 Å². The number of alkyl halides is 3. The Kier molecular flexibility index (Phi) is 6.29. The maximum Gasteiger partial charge on any atom is 0.417 e. The van der Waals surface area contributed by atoms with Crippen molar-refractivity contribution >= 4 is 28.7 Å². The average molecular weight is 362 g/mol. The van der Waals surface area contributed by atoms with Crippen molar-refractivity contribution in [3.8, 4) is 0 Å². The van der Waals surface area contributed by atoms with Crippen LogP contribution in [0.15, 0.2) is 18.3 Å². The highest BCUT2D eigenvalue weighted by Crippen LogP contribution is 2.28. The standard InChI is InChI=1S/C14H17F3N4O2S/c15-14(16,17)10-1-2-11(20-9-10)18-4-5-19-12(22)3-6-21-7-8-24-13(21)23/h1-2,9H,3-8H2,(H,18,20)(H,19,22). The van der Waals surface area contributed by atoms with Crippen LogP contribution in [0, 0.1) is 0 Å². The summed E-state index contributed by atoms with van der Waals surface area (Å²) in [7, 11) is 0. The molecule has 0 atom stereocenters. The van der Waals surface area contributed by atoms with E-state index in [1.165, 1.54) is 17.8 Å². The second-order valence-corrected chi connectivity index (χ2v) is 6.10. The largest absolute Gasteiger partial charge is 0.417 e. The average Bonchev–Trinajstić information content (AvgIpc) is 2.94. The number of thioether (sulfide) groups is 1. The molecule has 24 heavy (non-hydrogen) atoms. The van der Waals surface area contributed by atoms with E-state index in [-0.39, 0.29) is 17.6 Å². The minimum atomic E-state index is -4.41. The van der Waals surface area contributed by atoms with Gasteiger partial charge in [-0.2, -0.15) is 13.2 Å². The number of halogens is 3. The number of rotatable bonds is 7. The normalized spacial score (nSPS) is 14.8. The van der Waals surface area contributed by atoms with Gasteiger partial charge in [-0.1, -0.05) is 11.8 Å². The van der Waals surface area contributed by atoms with Gasteiger partial charge in [-0.15, -0.1) is 0 Å². The van der Waals surface area contributed by atoms with Crippen LogP contribution in [0.3, 0.4) is 0 Å². The number of carbonyl (C=O) groups excluding carboxylic acids is 2. The minimum absolute atomic E-state index is 0.00200. The van der Waals surface area contributed by atoms with Gasteiger partial charge in [-0.05, 0) is 12.1 Å². The highest BCUT2D eigenvalue weighted by Gasteiger charge is 2.30. The van der Waals surface area contributed by atoms with Gasteiger partial charge in [0.1, 0.15) is 5.82 Å². The number of nitrogens with zero attached hydrogens (tertiary/aromatic N) is 2. The van der Waals surface area contributed by atoms with Crippen molar-refractivity contribution in [2.45, 2.75) is 12.6 Å². The van der Waals surface area contributed by atoms with Crippen molar-refractivity contribution in [1.29, 1.82) is 0 Å². The SMILES string of the molecule is O=C(CCN1CCSC1=O)NCCNc1ccc(C(F)(F)F)cn1. The Morgan fingerprint density at radius 1 is 1.33 bits per heavy atom. The molecule has 1 aromatic heterocycles. The monoisotopic (exact) mass is 362 g/mol. The van der Waals surface area contributed by atoms with E-state index in [0.29, 0.717) is 32.0 Å². The summed E-state index contributed by atoms with van der Waals surface area (Å²) in [6.45, 7) is 1.70. The van der Waals surface area contributed by atoms with Crippen LogP contribution in [0.25, 0.3) is 0 Å². The van der Waals surface area contributed by atoms with E-state index in [1.54, 1.807) is 4.90 Å². The highest BCUT2D eigenvalue weighted by atomic mass is 32.2. The van der Waals surface area contributed by atoms with Crippen LogP contribution in [0.4, 0.5) is 23.8 Å². The van der Waals surface area contributed by atoms with Crippen molar-refractivity contribution in [1.82, 2.24) is 15.2 Å². The first kappa shape index (κ1) is 18.4. The van der Waals surface area contributed by atoms with Crippen molar-refractivity contribution in [2.75, 3.05) is 37.2 Å². The van der Waals surface area contributed by atoms with E-state index in [9.17, 15) is 22.8 Å². The number of hydrogen-bond donors (Lipinski definition) is 2. The molecule has 0 spiro atoms. The first-order chi connectivity index (χ1) is 11.4. The predicted molar refractivity (Wildman–Crippen MR) is 84.8 cm³/mol. The third-order valence-corrected chi connectivity index (χ3v) is 4.19. The number of carbonyl (C=O) groups is 2. The van der Waals surface area contributed by atoms with Crippen LogP contribution in [-0.2, 0) is 11.0 Å². The summed E-state index contributed by atoms with van der Waals surface area (Å²) in [5.41, 5.74) is -0.809. The Hall–Kier alpha value is -1.97. The van der Waals surface area contributed by atoms with E-state index in [0.717, 1.165) is 18.0 Å². The van der Waals surface area contributed by atoms with Crippen LogP contribution in [-0.4, -0.2) is 53.0 Å². The van der Waals surface area contributed by atoms with Crippen LogP contribution in [0.2, 0.25) is 0 Å². The molecule has 2 N–H and O–H groups in total. The molecule has 0 bridgehead atoms. The first-order valence-corrected chi connectivity index (χ1v) is 8.30. The Balaban J connectivity index is 1.62. The van der Waals surface area contributed by atoms with Crippen LogP contribution in [0.5, 0.6) is 0 Å². The van der Waals surface area contributed by atoms with E-state index in [1.807, 2.05) is 0 Å². The summed E-state index contributed by atoms with van der Waals surface area (Å²) in [5, 5.41) is 5.49. The molecule has 2 amide bonds. The molecule has 0 unspecified atom stereocenters. The predicted octanol–water partition coefficient (Wildman–Crippen LogP) is 2.19. The zero-order chi connectivity index (χ0) is 17.6. The molecule has 1 aromatic rings. The molecule has 0 saturated carbocycles. The summed E-state index contributed by atoms with van der Waals surface area (Å²) in [4.78, 5) is 28.3. The molecule has 1 saturated heterocycles. The molecule has 0 aromatic carbocycles. The maximum absolute atomic E-state index is 12.4. The lowest BCUT2D eigenvalue weighted by Crippen LogP contribution is -2.33. The topological polar surface area (TPSA) is 74.3 Å². The molecule has 132 valence electrons. The molecule has 1 fully saturated rings. The molecular weight excluding hydrogens is 345 g/mol. The van der Waals surface area contributed by atoms with Crippen LogP contribution < -0.4 is 10.6 Å². The molecule has 2 heterocycles. The summed E-state index contributed by atoms with van der Waals surface area (Å²) < 4.78 is 37.2. The highest BCUT2D eigenvalue weighted by molar-refractivity contribution is 8.13. The van der Waals surface area contributed by atoms with Gasteiger partial charge in [-0.25, -0.2) is 4.98 Å². The first-order valence-electron chi connectivity index (χ1n) is 7.32. The van der Waals surface area contributed by atoms with Crippen LogP contribution in [0.1, 0.15) is 12.0 Å². The zero-order valence-corrected chi connectivity index (χ0v) is 13.5. The third kappa shape index (κ3) is 5.59. The van der Waals surface area contributed by atoms with E-state index < -0.39 is 11.7 Å².